The molecular weight excluding hydrogens is 657 g/mol. The summed E-state index contributed by atoms with van der Waals surface area (Å²) in [5.41, 5.74) is 1.38. The van der Waals surface area contributed by atoms with Gasteiger partial charge in [-0.15, -0.1) is 12.4 Å². The Bertz CT molecular complexity index is 1650. The molecular formula is C36H41Cl2N3O7. The summed E-state index contributed by atoms with van der Waals surface area (Å²) >= 11 is 6.63. The molecule has 0 radical (unpaired) electrons. The van der Waals surface area contributed by atoms with Gasteiger partial charge in [0.1, 0.15) is 29.0 Å². The summed E-state index contributed by atoms with van der Waals surface area (Å²) in [5, 5.41) is 13.4. The molecule has 1 unspecified atom stereocenters. The van der Waals surface area contributed by atoms with Gasteiger partial charge in [-0.05, 0) is 93.8 Å². The van der Waals surface area contributed by atoms with Crippen LogP contribution in [-0.2, 0) is 4.74 Å². The number of likely N-dealkylation sites (N-methyl/N-ethyl adjacent to an activating group) is 1. The third kappa shape index (κ3) is 6.26. The maximum Gasteiger partial charge on any atom is 0.507 e. The van der Waals surface area contributed by atoms with E-state index in [1.165, 1.54) is 6.42 Å². The predicted octanol–water partition coefficient (Wildman–Crippen LogP) is 7.17. The number of ether oxygens (including phenoxy) is 4. The average Bonchev–Trinajstić information content (AvgIpc) is 3.47. The molecule has 10 nitrogen and oxygen atoms in total. The van der Waals surface area contributed by atoms with Gasteiger partial charge in [0.15, 0.2) is 5.72 Å². The number of hydrogen-bond donors (Lipinski definition) is 2. The Hall–Kier alpha value is -3.73. The Morgan fingerprint density at radius 1 is 0.958 bits per heavy atom. The number of carbonyl (C=O) groups excluding carboxylic acids is 1. The highest BCUT2D eigenvalue weighted by Gasteiger charge is 2.61. The normalized spacial score (nSPS) is 27.2. The van der Waals surface area contributed by atoms with Crippen LogP contribution in [0.4, 0.5) is 4.79 Å². The van der Waals surface area contributed by atoms with E-state index in [1.54, 1.807) is 26.4 Å². The number of rotatable bonds is 9. The molecule has 2 heterocycles. The molecule has 12 heteroatoms. The molecule has 1 aliphatic heterocycles. The van der Waals surface area contributed by atoms with Crippen LogP contribution in [0.25, 0.3) is 22.4 Å². The lowest BCUT2D eigenvalue weighted by molar-refractivity contribution is -0.191. The molecule has 5 aliphatic rings. The summed E-state index contributed by atoms with van der Waals surface area (Å²) in [6, 6.07) is 14.5. The van der Waals surface area contributed by atoms with Crippen molar-refractivity contribution in [1.29, 1.82) is 0 Å². The lowest BCUT2D eigenvalue weighted by Gasteiger charge is -2.59. The smallest absolute Gasteiger partial charge is 0.496 e. The molecule has 1 atom stereocenters. The van der Waals surface area contributed by atoms with Gasteiger partial charge in [0.25, 0.3) is 5.91 Å². The number of carbonyl (C=O) groups is 2. The van der Waals surface area contributed by atoms with Crippen LogP contribution in [0.5, 0.6) is 17.2 Å². The van der Waals surface area contributed by atoms with Crippen LogP contribution in [0, 0.1) is 23.7 Å². The molecule has 48 heavy (non-hydrogen) atoms. The minimum Gasteiger partial charge on any atom is -0.496 e. The van der Waals surface area contributed by atoms with Crippen LogP contribution >= 0.6 is 24.0 Å². The minimum atomic E-state index is -1.38. The van der Waals surface area contributed by atoms with Gasteiger partial charge in [-0.2, -0.15) is 0 Å². The van der Waals surface area contributed by atoms with Crippen LogP contribution < -0.4 is 19.5 Å². The fraction of sp³-hybridized carbons (Fsp3) is 0.472. The number of nitrogens with zero attached hydrogens (tertiary/aromatic N) is 2. The maximum absolute atomic E-state index is 14.1. The Morgan fingerprint density at radius 2 is 1.62 bits per heavy atom. The number of methoxy groups -OCH3 is 2. The van der Waals surface area contributed by atoms with Gasteiger partial charge in [-0.25, -0.2) is 9.78 Å². The van der Waals surface area contributed by atoms with E-state index in [9.17, 15) is 14.7 Å². The van der Waals surface area contributed by atoms with E-state index in [2.05, 4.69) is 17.3 Å². The zero-order chi connectivity index (χ0) is 32.9. The quantitative estimate of drug-likeness (QED) is 0.177. The molecule has 4 aliphatic carbocycles. The van der Waals surface area contributed by atoms with Gasteiger partial charge in [-0.3, -0.25) is 4.79 Å². The summed E-state index contributed by atoms with van der Waals surface area (Å²) < 4.78 is 23.5. The highest BCUT2D eigenvalue weighted by Crippen LogP contribution is 2.58. The van der Waals surface area contributed by atoms with Crippen molar-refractivity contribution in [2.45, 2.75) is 50.4 Å². The average molecular weight is 699 g/mol. The second kappa shape index (κ2) is 13.6. The minimum absolute atomic E-state index is 0. The van der Waals surface area contributed by atoms with E-state index < -0.39 is 17.8 Å². The number of hydrogen-bond acceptors (Lipinski definition) is 8. The molecule has 0 spiro atoms. The third-order valence-corrected chi connectivity index (χ3v) is 10.9. The first-order chi connectivity index (χ1) is 22.7. The maximum atomic E-state index is 14.1. The van der Waals surface area contributed by atoms with Crippen molar-refractivity contribution in [3.63, 3.8) is 0 Å². The standard InChI is InChI=1S/C36H40ClN3O7.ClH/c1-40-12-11-25(19-40)46-31-18-22(7-9-27(31)37)33-26(32-29(44-2)5-4-6-30(32)45-3)8-10-28(38-33)34(41)39-36(47-35(42)43)23-14-20-13-21(16-23)17-24(36)15-20;/h4-10,18,20-21,23-25H,11-17,19H2,1-3H3,(H,39,41)(H,42,43);1H. The molecule has 2 N–H and O–H groups in total. The number of amides is 1. The number of aromatic nitrogens is 1. The van der Waals surface area contributed by atoms with E-state index in [4.69, 9.17) is 35.5 Å². The highest BCUT2D eigenvalue weighted by atomic mass is 35.5. The van der Waals surface area contributed by atoms with E-state index in [1.807, 2.05) is 36.4 Å². The van der Waals surface area contributed by atoms with E-state index in [0.717, 1.165) is 45.2 Å². The molecule has 8 rings (SSSR count). The van der Waals surface area contributed by atoms with Crippen molar-refractivity contribution in [3.05, 3.63) is 59.2 Å². The van der Waals surface area contributed by atoms with E-state index >= 15 is 0 Å². The van der Waals surface area contributed by atoms with Gasteiger partial charge < -0.3 is 34.3 Å². The van der Waals surface area contributed by atoms with Crippen molar-refractivity contribution in [1.82, 2.24) is 15.2 Å². The zero-order valence-electron chi connectivity index (χ0n) is 27.2. The van der Waals surface area contributed by atoms with Gasteiger partial charge >= 0.3 is 6.16 Å². The van der Waals surface area contributed by atoms with Crippen molar-refractivity contribution in [2.24, 2.45) is 23.7 Å². The number of benzene rings is 2. The highest BCUT2D eigenvalue weighted by molar-refractivity contribution is 6.32. The number of carboxylic acid groups (broad SMARTS) is 1. The molecule has 1 saturated heterocycles. The molecule has 4 saturated carbocycles. The van der Waals surface area contributed by atoms with E-state index in [-0.39, 0.29) is 36.0 Å². The molecule has 1 amide bonds. The largest absolute Gasteiger partial charge is 0.507 e. The second-order valence-corrected chi connectivity index (χ2v) is 13.9. The molecule has 256 valence electrons. The van der Waals surface area contributed by atoms with Crippen molar-refractivity contribution in [2.75, 3.05) is 34.4 Å². The number of pyridine rings is 1. The summed E-state index contributed by atoms with van der Waals surface area (Å²) in [5.74, 6) is 2.15. The first-order valence-electron chi connectivity index (χ1n) is 16.3. The van der Waals surface area contributed by atoms with E-state index in [0.29, 0.717) is 56.5 Å². The summed E-state index contributed by atoms with van der Waals surface area (Å²) in [7, 11) is 5.24. The fourth-order valence-electron chi connectivity index (χ4n) is 8.70. The zero-order valence-corrected chi connectivity index (χ0v) is 28.8. The Kier molecular flexibility index (Phi) is 9.71. The van der Waals surface area contributed by atoms with Gasteiger partial charge in [0.2, 0.25) is 0 Å². The lowest BCUT2D eigenvalue weighted by atomic mass is 9.52. The third-order valence-electron chi connectivity index (χ3n) is 10.6. The SMILES string of the molecule is COc1cccc(OC)c1-c1ccc(C(=O)NC2(OC(=O)O)C3CC4CC(C3)CC2C4)nc1-c1ccc(Cl)c(OC2CCN(C)C2)c1.Cl. The van der Waals surface area contributed by atoms with Crippen molar-refractivity contribution < 1.29 is 33.6 Å². The number of halogens is 2. The second-order valence-electron chi connectivity index (χ2n) is 13.5. The first kappa shape index (κ1) is 34.1. The molecule has 2 aromatic carbocycles. The van der Waals surface area contributed by atoms with Gasteiger partial charge in [0.05, 0.1) is 30.5 Å². The monoisotopic (exact) mass is 697 g/mol. The summed E-state index contributed by atoms with van der Waals surface area (Å²) in [6.45, 7) is 1.73. The fourth-order valence-corrected chi connectivity index (χ4v) is 8.86. The molecule has 1 aromatic heterocycles. The molecule has 5 fully saturated rings. The molecule has 3 aromatic rings. The van der Waals surface area contributed by atoms with Crippen molar-refractivity contribution in [3.8, 4) is 39.6 Å². The van der Waals surface area contributed by atoms with Crippen LogP contribution in [0.2, 0.25) is 5.02 Å². The Balaban J connectivity index is 0.00000401. The lowest BCUT2D eigenvalue weighted by Crippen LogP contribution is -2.68. The number of nitrogens with one attached hydrogen (secondary N) is 1. The Labute approximate surface area is 291 Å². The van der Waals surface area contributed by atoms with Gasteiger partial charge in [-0.1, -0.05) is 23.7 Å². The predicted molar refractivity (Wildman–Crippen MR) is 183 cm³/mol. The van der Waals surface area contributed by atoms with Crippen molar-refractivity contribution >= 4 is 36.1 Å². The number of likely N-dealkylation sites (tertiary alicyclic amines) is 1. The van der Waals surface area contributed by atoms with Gasteiger partial charge in [0, 0.05) is 36.1 Å². The molecule has 4 bridgehead atoms. The Morgan fingerprint density at radius 3 is 2.21 bits per heavy atom. The summed E-state index contributed by atoms with van der Waals surface area (Å²) in [4.78, 5) is 33.3. The van der Waals surface area contributed by atoms with Crippen LogP contribution in [-0.4, -0.2) is 73.2 Å². The first-order valence-corrected chi connectivity index (χ1v) is 16.7. The topological polar surface area (TPSA) is 119 Å². The van der Waals surface area contributed by atoms with Crippen LogP contribution in [0.1, 0.15) is 49.0 Å². The van der Waals surface area contributed by atoms with Crippen LogP contribution in [0.15, 0.2) is 48.5 Å². The van der Waals surface area contributed by atoms with Crippen LogP contribution in [0.3, 0.4) is 0 Å². The summed E-state index contributed by atoms with van der Waals surface area (Å²) in [6.07, 6.45) is 4.05.